The molecule has 3 N–H and O–H groups in total. The zero-order valence-corrected chi connectivity index (χ0v) is 17.9. The van der Waals surface area contributed by atoms with Gasteiger partial charge in [0.2, 0.25) is 0 Å². The number of benzene rings is 2. The van der Waals surface area contributed by atoms with E-state index in [0.717, 1.165) is 24.2 Å². The Morgan fingerprint density at radius 3 is 2.59 bits per heavy atom. The van der Waals surface area contributed by atoms with E-state index < -0.39 is 0 Å². The van der Waals surface area contributed by atoms with E-state index in [0.29, 0.717) is 13.1 Å². The quantitative estimate of drug-likeness (QED) is 0.537. The number of hydrogen-bond acceptors (Lipinski definition) is 3. The second kappa shape index (κ2) is 10.8. The van der Waals surface area contributed by atoms with Gasteiger partial charge in [-0.2, -0.15) is 0 Å². The molecule has 1 atom stereocenters. The molecule has 0 saturated heterocycles. The van der Waals surface area contributed by atoms with Crippen molar-refractivity contribution in [1.29, 1.82) is 0 Å². The third-order valence-corrected chi connectivity index (χ3v) is 5.89. The molecule has 0 aliphatic carbocycles. The minimum absolute atomic E-state index is 0.0139. The van der Waals surface area contributed by atoms with Crippen LogP contribution in [0, 0.1) is 0 Å². The van der Waals surface area contributed by atoms with Crippen molar-refractivity contribution in [2.75, 3.05) is 13.7 Å². The Kier molecular flexibility index (Phi) is 7.85. The maximum Gasteiger partial charge on any atom is 0.275 e. The van der Waals surface area contributed by atoms with E-state index in [1.54, 1.807) is 18.4 Å². The maximum absolute atomic E-state index is 12.5. The summed E-state index contributed by atoms with van der Waals surface area (Å²) in [4.78, 5) is 13.7. The topological polar surface area (TPSA) is 54.9 Å². The van der Waals surface area contributed by atoms with E-state index in [1.165, 1.54) is 16.0 Å². The zero-order valence-electron chi connectivity index (χ0n) is 17.1. The number of ether oxygens (including phenoxy) is 1. The molecule has 4 nitrogen and oxygen atoms in total. The van der Waals surface area contributed by atoms with Crippen molar-refractivity contribution in [2.45, 2.75) is 32.4 Å². The zero-order chi connectivity index (χ0) is 20.5. The summed E-state index contributed by atoms with van der Waals surface area (Å²) in [5, 5.41) is 7.20. The van der Waals surface area contributed by atoms with Crippen LogP contribution in [0.25, 0.3) is 0 Å². The monoisotopic (exact) mass is 409 g/mol. The van der Waals surface area contributed by atoms with Gasteiger partial charge < -0.3 is 15.4 Å². The lowest BCUT2D eigenvalue weighted by Crippen LogP contribution is -2.87. The Morgan fingerprint density at radius 1 is 1.10 bits per heavy atom. The number of rotatable bonds is 10. The summed E-state index contributed by atoms with van der Waals surface area (Å²) in [6, 6.07) is 20.9. The molecular formula is C24H29N2O2S+. The van der Waals surface area contributed by atoms with Gasteiger partial charge in [-0.3, -0.25) is 4.79 Å². The van der Waals surface area contributed by atoms with Crippen molar-refractivity contribution in [2.24, 2.45) is 0 Å². The number of aryl methyl sites for hydroxylation is 1. The van der Waals surface area contributed by atoms with Gasteiger partial charge in [-0.25, -0.2) is 0 Å². The van der Waals surface area contributed by atoms with E-state index in [1.807, 2.05) is 24.3 Å². The van der Waals surface area contributed by atoms with Gasteiger partial charge in [-0.05, 0) is 29.5 Å². The van der Waals surface area contributed by atoms with Crippen LogP contribution in [0.4, 0.5) is 0 Å². The summed E-state index contributed by atoms with van der Waals surface area (Å²) >= 11 is 1.73. The van der Waals surface area contributed by atoms with E-state index in [-0.39, 0.29) is 11.9 Å². The van der Waals surface area contributed by atoms with Gasteiger partial charge in [0.15, 0.2) is 6.54 Å². The Labute approximate surface area is 176 Å². The Morgan fingerprint density at radius 2 is 1.90 bits per heavy atom. The standard InChI is InChI=1S/C24H28N2O2S/c1-3-7-18-11-13-19(14-12-18)24(22-10-6-15-29-22)26-17-23(27)25-16-20-8-4-5-9-21(20)28-2/h4-6,8-15,24,26H,3,7,16-17H2,1-2H3,(H,25,27)/p+1/t24-/m0/s1. The molecule has 0 unspecified atom stereocenters. The third kappa shape index (κ3) is 5.92. The maximum atomic E-state index is 12.5. The molecule has 3 aromatic rings. The van der Waals surface area contributed by atoms with Crippen molar-refractivity contribution in [3.8, 4) is 5.75 Å². The van der Waals surface area contributed by atoms with Crippen LogP contribution in [0.5, 0.6) is 5.75 Å². The molecule has 3 rings (SSSR count). The van der Waals surface area contributed by atoms with E-state index >= 15 is 0 Å². The summed E-state index contributed by atoms with van der Waals surface area (Å²) in [6.45, 7) is 3.03. The highest BCUT2D eigenvalue weighted by atomic mass is 32.1. The Bertz CT molecular complexity index is 892. The summed E-state index contributed by atoms with van der Waals surface area (Å²) in [6.07, 6.45) is 2.24. The molecule has 0 radical (unpaired) electrons. The van der Waals surface area contributed by atoms with Crippen LogP contribution in [0.1, 0.15) is 41.0 Å². The second-order valence-corrected chi connectivity index (χ2v) is 7.99. The van der Waals surface area contributed by atoms with E-state index in [9.17, 15) is 4.79 Å². The highest BCUT2D eigenvalue weighted by Crippen LogP contribution is 2.23. The van der Waals surface area contributed by atoms with Crippen molar-refractivity contribution in [3.63, 3.8) is 0 Å². The number of nitrogens with one attached hydrogen (secondary N) is 1. The Hall–Kier alpha value is -2.63. The minimum atomic E-state index is 0.0139. The summed E-state index contributed by atoms with van der Waals surface area (Å²) < 4.78 is 5.35. The number of amides is 1. The van der Waals surface area contributed by atoms with Gasteiger partial charge in [-0.15, -0.1) is 11.3 Å². The lowest BCUT2D eigenvalue weighted by Gasteiger charge is -2.15. The van der Waals surface area contributed by atoms with Crippen LogP contribution in [-0.4, -0.2) is 19.6 Å². The van der Waals surface area contributed by atoms with Gasteiger partial charge >= 0.3 is 0 Å². The molecule has 0 spiro atoms. The van der Waals surface area contributed by atoms with Crippen LogP contribution >= 0.6 is 11.3 Å². The van der Waals surface area contributed by atoms with Gasteiger partial charge in [-0.1, -0.05) is 61.9 Å². The number of para-hydroxylation sites is 1. The molecule has 2 aromatic carbocycles. The molecule has 0 saturated carbocycles. The van der Waals surface area contributed by atoms with Crippen LogP contribution in [0.3, 0.4) is 0 Å². The number of nitrogens with two attached hydrogens (primary N) is 1. The molecule has 0 aliphatic heterocycles. The fourth-order valence-electron chi connectivity index (χ4n) is 3.40. The minimum Gasteiger partial charge on any atom is -0.496 e. The molecular weight excluding hydrogens is 380 g/mol. The average Bonchev–Trinajstić information content (AvgIpc) is 3.28. The summed E-state index contributed by atoms with van der Waals surface area (Å²) in [5.74, 6) is 0.806. The molecule has 1 amide bonds. The molecule has 1 heterocycles. The number of carbonyl (C=O) groups excluding carboxylic acids is 1. The number of hydrogen-bond donors (Lipinski definition) is 2. The normalized spacial score (nSPS) is 11.8. The highest BCUT2D eigenvalue weighted by Gasteiger charge is 2.20. The van der Waals surface area contributed by atoms with Crippen LogP contribution < -0.4 is 15.4 Å². The molecule has 0 bridgehead atoms. The highest BCUT2D eigenvalue weighted by molar-refractivity contribution is 7.10. The summed E-state index contributed by atoms with van der Waals surface area (Å²) in [7, 11) is 1.64. The van der Waals surface area contributed by atoms with E-state index in [2.05, 4.69) is 59.3 Å². The molecule has 29 heavy (non-hydrogen) atoms. The van der Waals surface area contributed by atoms with Crippen LogP contribution in [0.15, 0.2) is 66.0 Å². The lowest BCUT2D eigenvalue weighted by atomic mass is 10.0. The first-order valence-electron chi connectivity index (χ1n) is 10.1. The average molecular weight is 410 g/mol. The number of carbonyl (C=O) groups is 1. The van der Waals surface area contributed by atoms with Crippen LogP contribution in [-0.2, 0) is 17.8 Å². The fraction of sp³-hybridized carbons (Fsp3) is 0.292. The molecule has 5 heteroatoms. The first kappa shape index (κ1) is 21.1. The first-order chi connectivity index (χ1) is 14.2. The molecule has 152 valence electrons. The smallest absolute Gasteiger partial charge is 0.275 e. The predicted molar refractivity (Wildman–Crippen MR) is 118 cm³/mol. The van der Waals surface area contributed by atoms with Gasteiger partial charge in [0.1, 0.15) is 11.8 Å². The van der Waals surface area contributed by atoms with Crippen molar-refractivity contribution in [3.05, 3.63) is 87.6 Å². The second-order valence-electron chi connectivity index (χ2n) is 7.01. The predicted octanol–water partition coefficient (Wildman–Crippen LogP) is 3.68. The van der Waals surface area contributed by atoms with Crippen molar-refractivity contribution >= 4 is 17.2 Å². The van der Waals surface area contributed by atoms with Crippen LogP contribution in [0.2, 0.25) is 0 Å². The lowest BCUT2D eigenvalue weighted by molar-refractivity contribution is -0.676. The first-order valence-corrected chi connectivity index (χ1v) is 10.9. The largest absolute Gasteiger partial charge is 0.496 e. The van der Waals surface area contributed by atoms with Crippen molar-refractivity contribution in [1.82, 2.24) is 5.32 Å². The number of thiophene rings is 1. The third-order valence-electron chi connectivity index (χ3n) is 4.93. The molecule has 1 aromatic heterocycles. The number of quaternary nitrogens is 1. The number of methoxy groups -OCH3 is 1. The molecule has 0 aliphatic rings. The van der Waals surface area contributed by atoms with Crippen molar-refractivity contribution < 1.29 is 14.8 Å². The Balaban J connectivity index is 1.62. The molecule has 0 fully saturated rings. The SMILES string of the molecule is CCCc1ccc([C@H]([NH2+]CC(=O)NCc2ccccc2OC)c2cccs2)cc1. The van der Waals surface area contributed by atoms with E-state index in [4.69, 9.17) is 4.74 Å². The van der Waals surface area contributed by atoms with Gasteiger partial charge in [0.25, 0.3) is 5.91 Å². The van der Waals surface area contributed by atoms with Gasteiger partial charge in [0.05, 0.1) is 12.0 Å². The fourth-order valence-corrected chi connectivity index (χ4v) is 4.26. The van der Waals surface area contributed by atoms with Gasteiger partial charge in [0, 0.05) is 17.7 Å². The summed E-state index contributed by atoms with van der Waals surface area (Å²) in [5.41, 5.74) is 3.56.